The van der Waals surface area contributed by atoms with E-state index in [2.05, 4.69) is 28.8 Å². The average Bonchev–Trinajstić information content (AvgIpc) is 2.95. The topological polar surface area (TPSA) is 59.7 Å². The number of fused-ring (bicyclic) bond motifs is 1. The fourth-order valence-corrected chi connectivity index (χ4v) is 4.25. The summed E-state index contributed by atoms with van der Waals surface area (Å²) in [5.41, 5.74) is 0.770. The smallest absolute Gasteiger partial charge is 0.275 e. The molecule has 1 fully saturated rings. The highest BCUT2D eigenvalue weighted by Crippen LogP contribution is 2.46. The van der Waals surface area contributed by atoms with Gasteiger partial charge in [-0.05, 0) is 19.8 Å². The Morgan fingerprint density at radius 1 is 1.48 bits per heavy atom. The fraction of sp³-hybridized carbons (Fsp3) is 0.688. The van der Waals surface area contributed by atoms with Gasteiger partial charge in [0.05, 0.1) is 6.10 Å². The van der Waals surface area contributed by atoms with Crippen LogP contribution in [-0.4, -0.2) is 40.4 Å². The van der Waals surface area contributed by atoms with Gasteiger partial charge in [-0.25, -0.2) is 4.98 Å². The monoisotopic (exact) mass is 336 g/mol. The summed E-state index contributed by atoms with van der Waals surface area (Å²) in [6.45, 7) is 9.22. The van der Waals surface area contributed by atoms with Gasteiger partial charge in [-0.2, -0.15) is 4.52 Å². The lowest BCUT2D eigenvalue weighted by atomic mass is 9.64. The maximum atomic E-state index is 12.1. The van der Waals surface area contributed by atoms with E-state index in [-0.39, 0.29) is 17.1 Å². The van der Waals surface area contributed by atoms with E-state index in [0.717, 1.165) is 30.3 Å². The highest BCUT2D eigenvalue weighted by molar-refractivity contribution is 7.20. The largest absolute Gasteiger partial charge is 0.378 e. The van der Waals surface area contributed by atoms with E-state index < -0.39 is 0 Å². The summed E-state index contributed by atoms with van der Waals surface area (Å²) in [6.07, 6.45) is 2.01. The Balaban J connectivity index is 1.89. The predicted molar refractivity (Wildman–Crippen MR) is 92.5 cm³/mol. The number of hydrogen-bond donors (Lipinski definition) is 0. The van der Waals surface area contributed by atoms with Gasteiger partial charge in [0.25, 0.3) is 5.56 Å². The van der Waals surface area contributed by atoms with E-state index >= 15 is 0 Å². The van der Waals surface area contributed by atoms with Crippen LogP contribution in [0.25, 0.3) is 4.96 Å². The number of hydrogen-bond acceptors (Lipinski definition) is 6. The van der Waals surface area contributed by atoms with Gasteiger partial charge in [-0.1, -0.05) is 32.1 Å². The van der Waals surface area contributed by atoms with E-state index in [0.29, 0.717) is 11.0 Å². The van der Waals surface area contributed by atoms with Crippen molar-refractivity contribution in [1.82, 2.24) is 14.6 Å². The SMILES string of the molecule is CCO[C@H]1C[C@@H](N(C)c2nn3c(=O)cc(CC)nc3s2)C1(C)C. The second-order valence-electron chi connectivity index (χ2n) is 6.65. The Bertz CT molecular complexity index is 767. The normalized spacial score (nSPS) is 23.0. The van der Waals surface area contributed by atoms with Gasteiger partial charge in [0.1, 0.15) is 0 Å². The quantitative estimate of drug-likeness (QED) is 0.839. The second kappa shape index (κ2) is 5.87. The van der Waals surface area contributed by atoms with E-state index in [4.69, 9.17) is 4.74 Å². The molecule has 23 heavy (non-hydrogen) atoms. The van der Waals surface area contributed by atoms with Crippen LogP contribution in [0.15, 0.2) is 10.9 Å². The van der Waals surface area contributed by atoms with Crippen molar-refractivity contribution in [2.24, 2.45) is 5.41 Å². The molecule has 6 nitrogen and oxygen atoms in total. The van der Waals surface area contributed by atoms with Crippen LogP contribution in [0.4, 0.5) is 5.13 Å². The molecule has 0 aromatic carbocycles. The molecule has 0 spiro atoms. The highest BCUT2D eigenvalue weighted by Gasteiger charge is 2.51. The summed E-state index contributed by atoms with van der Waals surface area (Å²) < 4.78 is 7.21. The van der Waals surface area contributed by atoms with Gasteiger partial charge < -0.3 is 9.64 Å². The lowest BCUT2D eigenvalue weighted by molar-refractivity contribution is -0.104. The Morgan fingerprint density at radius 3 is 2.83 bits per heavy atom. The molecule has 0 amide bonds. The van der Waals surface area contributed by atoms with Crippen LogP contribution in [0.1, 0.15) is 39.8 Å². The molecule has 3 rings (SSSR count). The van der Waals surface area contributed by atoms with E-state index in [1.165, 1.54) is 15.9 Å². The summed E-state index contributed by atoms with van der Waals surface area (Å²) in [6, 6.07) is 1.91. The zero-order valence-electron chi connectivity index (χ0n) is 14.4. The van der Waals surface area contributed by atoms with Crippen LogP contribution in [0.3, 0.4) is 0 Å². The zero-order valence-corrected chi connectivity index (χ0v) is 15.2. The third kappa shape index (κ3) is 2.65. The van der Waals surface area contributed by atoms with Crippen LogP contribution in [-0.2, 0) is 11.2 Å². The van der Waals surface area contributed by atoms with Crippen LogP contribution in [0.5, 0.6) is 0 Å². The zero-order chi connectivity index (χ0) is 16.8. The molecule has 0 N–H and O–H groups in total. The van der Waals surface area contributed by atoms with Gasteiger partial charge >= 0.3 is 0 Å². The molecule has 1 aliphatic rings. The average molecular weight is 336 g/mol. The molecule has 0 bridgehead atoms. The second-order valence-corrected chi connectivity index (χ2v) is 7.58. The number of ether oxygens (including phenoxy) is 1. The first-order valence-corrected chi connectivity index (χ1v) is 8.94. The van der Waals surface area contributed by atoms with Crippen molar-refractivity contribution < 1.29 is 4.74 Å². The van der Waals surface area contributed by atoms with E-state index in [9.17, 15) is 4.79 Å². The predicted octanol–water partition coefficient (Wildman–Crippen LogP) is 2.35. The van der Waals surface area contributed by atoms with Gasteiger partial charge in [-0.3, -0.25) is 4.79 Å². The van der Waals surface area contributed by atoms with Crippen molar-refractivity contribution >= 4 is 21.4 Å². The molecular weight excluding hydrogens is 312 g/mol. The maximum absolute atomic E-state index is 12.1. The van der Waals surface area contributed by atoms with E-state index in [1.807, 2.05) is 20.9 Å². The minimum atomic E-state index is -0.109. The molecule has 1 saturated carbocycles. The minimum absolute atomic E-state index is 0.0651. The number of aryl methyl sites for hydroxylation is 1. The van der Waals surface area contributed by atoms with Crippen molar-refractivity contribution in [3.8, 4) is 0 Å². The first kappa shape index (κ1) is 16.4. The number of rotatable bonds is 5. The van der Waals surface area contributed by atoms with Crippen molar-refractivity contribution in [1.29, 1.82) is 0 Å². The first-order valence-electron chi connectivity index (χ1n) is 8.12. The number of aromatic nitrogens is 3. The van der Waals surface area contributed by atoms with Crippen LogP contribution >= 0.6 is 11.3 Å². The Morgan fingerprint density at radius 2 is 2.22 bits per heavy atom. The Kier molecular flexibility index (Phi) is 4.18. The lowest BCUT2D eigenvalue weighted by Crippen LogP contribution is -2.61. The molecule has 1 aliphatic carbocycles. The van der Waals surface area contributed by atoms with Crippen molar-refractivity contribution in [2.45, 2.75) is 52.7 Å². The summed E-state index contributed by atoms with van der Waals surface area (Å²) in [7, 11) is 2.04. The maximum Gasteiger partial charge on any atom is 0.275 e. The Labute approximate surface area is 140 Å². The van der Waals surface area contributed by atoms with Crippen molar-refractivity contribution in [3.05, 3.63) is 22.1 Å². The molecule has 2 aromatic rings. The summed E-state index contributed by atoms with van der Waals surface area (Å²) in [4.78, 5) is 19.5. The molecule has 126 valence electrons. The Hall–Kier alpha value is -1.47. The molecular formula is C16H24N4O2S. The molecule has 0 radical (unpaired) electrons. The molecule has 2 aromatic heterocycles. The fourth-order valence-electron chi connectivity index (χ4n) is 3.31. The van der Waals surface area contributed by atoms with Crippen LogP contribution in [0, 0.1) is 5.41 Å². The van der Waals surface area contributed by atoms with Crippen molar-refractivity contribution in [3.63, 3.8) is 0 Å². The van der Waals surface area contributed by atoms with E-state index in [1.54, 1.807) is 6.07 Å². The molecule has 0 unspecified atom stereocenters. The highest BCUT2D eigenvalue weighted by atomic mass is 32.1. The molecule has 7 heteroatoms. The molecule has 0 aliphatic heterocycles. The van der Waals surface area contributed by atoms with Crippen molar-refractivity contribution in [2.75, 3.05) is 18.6 Å². The van der Waals surface area contributed by atoms with Gasteiger partial charge in [0.15, 0.2) is 0 Å². The van der Waals surface area contributed by atoms with Gasteiger partial charge in [-0.15, -0.1) is 5.10 Å². The summed E-state index contributed by atoms with van der Waals surface area (Å²) >= 11 is 1.47. The van der Waals surface area contributed by atoms with Gasteiger partial charge in [0.2, 0.25) is 10.1 Å². The third-order valence-corrected chi connectivity index (χ3v) is 5.91. The molecule has 2 atom stereocenters. The third-order valence-electron chi connectivity index (χ3n) is 4.91. The van der Waals surface area contributed by atoms with Crippen LogP contribution in [0.2, 0.25) is 0 Å². The number of anilines is 1. The number of nitrogens with zero attached hydrogens (tertiary/aromatic N) is 4. The summed E-state index contributed by atoms with van der Waals surface area (Å²) in [5, 5.41) is 5.30. The van der Waals surface area contributed by atoms with Gasteiger partial charge in [0, 0.05) is 36.9 Å². The molecule has 0 saturated heterocycles. The minimum Gasteiger partial charge on any atom is -0.378 e. The molecule has 2 heterocycles. The standard InChI is InChI=1S/C16H24N4O2S/c1-6-10-8-13(21)20-14(17-10)23-15(18-20)19(5)11-9-12(22-7-2)16(11,3)4/h8,11-12H,6-7,9H2,1-5H3/t11-,12+/m1/s1. The summed E-state index contributed by atoms with van der Waals surface area (Å²) in [5.74, 6) is 0. The first-order chi connectivity index (χ1) is 10.9. The van der Waals surface area contributed by atoms with Crippen LogP contribution < -0.4 is 10.5 Å². The lowest BCUT2D eigenvalue weighted by Gasteiger charge is -2.54.